The minimum absolute atomic E-state index is 0.00196. The second-order valence-corrected chi connectivity index (χ2v) is 9.54. The number of hydrogen-bond donors (Lipinski definition) is 1. The molecule has 1 unspecified atom stereocenters. The standard InChI is InChI=1S/C28H24F7N3O5/c1-42-17-11-20(29)23(21(30)12-17)19-14-38(22-3-2-9-37(26(22)41)10-8-28(33,34)35)25(40)18(19)13-36-24(39)15-4-6-16(7-5-15)43-27(31)32/h2-7,9,11-12,18-19,27H,8,10,13-14H2,1H3,(H,36,39)/t18?,19-/m1/s1. The van der Waals surface area contributed by atoms with E-state index in [1.807, 2.05) is 0 Å². The van der Waals surface area contributed by atoms with E-state index in [1.54, 1.807) is 0 Å². The lowest BCUT2D eigenvalue weighted by molar-refractivity contribution is -0.136. The number of nitrogens with zero attached hydrogens (tertiary/aromatic N) is 2. The van der Waals surface area contributed by atoms with Crippen LogP contribution < -0.4 is 25.2 Å². The third-order valence-electron chi connectivity index (χ3n) is 6.86. The van der Waals surface area contributed by atoms with Crippen molar-refractivity contribution in [2.45, 2.75) is 31.7 Å². The molecular formula is C28H24F7N3O5. The number of benzene rings is 2. The summed E-state index contributed by atoms with van der Waals surface area (Å²) in [5, 5.41) is 2.47. The van der Waals surface area contributed by atoms with Crippen LogP contribution in [0.25, 0.3) is 0 Å². The summed E-state index contributed by atoms with van der Waals surface area (Å²) < 4.78 is 103. The molecule has 4 rings (SSSR count). The summed E-state index contributed by atoms with van der Waals surface area (Å²) in [7, 11) is 1.19. The lowest BCUT2D eigenvalue weighted by atomic mass is 9.87. The van der Waals surface area contributed by atoms with Crippen molar-refractivity contribution in [1.82, 2.24) is 9.88 Å². The van der Waals surface area contributed by atoms with Crippen LogP contribution in [0, 0.1) is 17.6 Å². The molecular weight excluding hydrogens is 591 g/mol. The molecule has 0 spiro atoms. The van der Waals surface area contributed by atoms with Crippen molar-refractivity contribution >= 4 is 17.5 Å². The Hall–Kier alpha value is -4.56. The fourth-order valence-electron chi connectivity index (χ4n) is 4.80. The number of anilines is 1. The Morgan fingerprint density at radius 3 is 2.28 bits per heavy atom. The number of carbonyl (C=O) groups excluding carboxylic acids is 2. The number of hydrogen-bond acceptors (Lipinski definition) is 5. The molecule has 1 saturated heterocycles. The zero-order valence-electron chi connectivity index (χ0n) is 22.3. The molecule has 0 radical (unpaired) electrons. The van der Waals surface area contributed by atoms with Gasteiger partial charge in [0.15, 0.2) is 0 Å². The topological polar surface area (TPSA) is 89.9 Å². The van der Waals surface area contributed by atoms with Gasteiger partial charge in [0.2, 0.25) is 5.91 Å². The number of alkyl halides is 5. The van der Waals surface area contributed by atoms with Crippen LogP contribution in [0.15, 0.2) is 59.5 Å². The van der Waals surface area contributed by atoms with Crippen molar-refractivity contribution in [1.29, 1.82) is 0 Å². The lowest BCUT2D eigenvalue weighted by Gasteiger charge is -2.19. The van der Waals surface area contributed by atoms with Crippen LogP contribution in [0.5, 0.6) is 11.5 Å². The van der Waals surface area contributed by atoms with Gasteiger partial charge in [0.25, 0.3) is 11.5 Å². The molecule has 2 heterocycles. The molecule has 0 aliphatic carbocycles. The molecule has 0 saturated carbocycles. The van der Waals surface area contributed by atoms with Crippen molar-refractivity contribution in [3.05, 3.63) is 87.8 Å². The molecule has 1 aromatic heterocycles. The van der Waals surface area contributed by atoms with Crippen molar-refractivity contribution < 1.29 is 49.8 Å². The highest BCUT2D eigenvalue weighted by atomic mass is 19.4. The van der Waals surface area contributed by atoms with Gasteiger partial charge < -0.3 is 24.3 Å². The van der Waals surface area contributed by atoms with Gasteiger partial charge in [0.05, 0.1) is 19.4 Å². The molecule has 43 heavy (non-hydrogen) atoms. The summed E-state index contributed by atoms with van der Waals surface area (Å²) in [5.41, 5.74) is -1.75. The van der Waals surface area contributed by atoms with Crippen LogP contribution in [0.4, 0.5) is 36.4 Å². The van der Waals surface area contributed by atoms with E-state index in [-0.39, 0.29) is 22.7 Å². The summed E-state index contributed by atoms with van der Waals surface area (Å²) in [6.45, 7) is -4.69. The Balaban J connectivity index is 1.64. The number of halogens is 7. The first-order chi connectivity index (χ1) is 20.3. The number of ether oxygens (including phenoxy) is 2. The summed E-state index contributed by atoms with van der Waals surface area (Å²) >= 11 is 0. The first kappa shape index (κ1) is 31.4. The Morgan fingerprint density at radius 1 is 1.05 bits per heavy atom. The van der Waals surface area contributed by atoms with Gasteiger partial charge in [0, 0.05) is 55.0 Å². The molecule has 1 aliphatic rings. The van der Waals surface area contributed by atoms with Gasteiger partial charge in [-0.3, -0.25) is 14.4 Å². The third-order valence-corrected chi connectivity index (χ3v) is 6.86. The Kier molecular flexibility index (Phi) is 9.30. The molecule has 1 fully saturated rings. The fraction of sp³-hybridized carbons (Fsp3) is 0.321. The average molecular weight is 616 g/mol. The van der Waals surface area contributed by atoms with Crippen molar-refractivity contribution in [3.63, 3.8) is 0 Å². The van der Waals surface area contributed by atoms with Gasteiger partial charge in [-0.05, 0) is 36.4 Å². The normalized spacial score (nSPS) is 17.0. The monoisotopic (exact) mass is 615 g/mol. The van der Waals surface area contributed by atoms with E-state index in [0.29, 0.717) is 0 Å². The molecule has 2 amide bonds. The molecule has 2 aromatic carbocycles. The number of nitrogens with one attached hydrogen (secondary N) is 1. The Bertz CT molecular complexity index is 1520. The second-order valence-electron chi connectivity index (χ2n) is 9.54. The fourth-order valence-corrected chi connectivity index (χ4v) is 4.80. The van der Waals surface area contributed by atoms with E-state index >= 15 is 8.78 Å². The predicted octanol–water partition coefficient (Wildman–Crippen LogP) is 4.87. The maximum Gasteiger partial charge on any atom is 0.390 e. The number of aromatic nitrogens is 1. The van der Waals surface area contributed by atoms with Crippen LogP contribution in [0.3, 0.4) is 0 Å². The minimum atomic E-state index is -4.55. The van der Waals surface area contributed by atoms with Crippen molar-refractivity contribution in [2.24, 2.45) is 5.92 Å². The van der Waals surface area contributed by atoms with Gasteiger partial charge in [-0.15, -0.1) is 0 Å². The number of aryl methyl sites for hydroxylation is 1. The first-order valence-corrected chi connectivity index (χ1v) is 12.7. The predicted molar refractivity (Wildman–Crippen MR) is 138 cm³/mol. The highest BCUT2D eigenvalue weighted by molar-refractivity contribution is 5.99. The Labute approximate surface area is 239 Å². The minimum Gasteiger partial charge on any atom is -0.497 e. The van der Waals surface area contributed by atoms with E-state index in [2.05, 4.69) is 10.1 Å². The van der Waals surface area contributed by atoms with Gasteiger partial charge in [-0.1, -0.05) is 0 Å². The number of rotatable bonds is 10. The molecule has 1 aliphatic heterocycles. The maximum atomic E-state index is 15.2. The molecule has 15 heteroatoms. The number of methoxy groups -OCH3 is 1. The summed E-state index contributed by atoms with van der Waals surface area (Å²) in [6.07, 6.45) is -4.74. The zero-order valence-corrected chi connectivity index (χ0v) is 22.3. The van der Waals surface area contributed by atoms with E-state index in [0.717, 1.165) is 39.9 Å². The van der Waals surface area contributed by atoms with Gasteiger partial charge in [-0.2, -0.15) is 22.0 Å². The SMILES string of the molecule is COc1cc(F)c([C@@H]2CN(c3cccn(CCC(F)(F)F)c3=O)C(=O)C2CNC(=O)c2ccc(OC(F)F)cc2)c(F)c1. The summed E-state index contributed by atoms with van der Waals surface area (Å²) in [5.74, 6) is -6.59. The lowest BCUT2D eigenvalue weighted by Crippen LogP contribution is -2.38. The molecule has 3 aromatic rings. The second kappa shape index (κ2) is 12.8. The Morgan fingerprint density at radius 2 is 1.70 bits per heavy atom. The van der Waals surface area contributed by atoms with Gasteiger partial charge >= 0.3 is 12.8 Å². The smallest absolute Gasteiger partial charge is 0.390 e. The van der Waals surface area contributed by atoms with Crippen LogP contribution in [-0.2, 0) is 11.3 Å². The van der Waals surface area contributed by atoms with Crippen LogP contribution in [-0.4, -0.2) is 49.4 Å². The summed E-state index contributed by atoms with van der Waals surface area (Å²) in [4.78, 5) is 40.3. The average Bonchev–Trinajstić information content (AvgIpc) is 3.25. The third kappa shape index (κ3) is 7.27. The van der Waals surface area contributed by atoms with Crippen LogP contribution >= 0.6 is 0 Å². The molecule has 2 atom stereocenters. The summed E-state index contributed by atoms with van der Waals surface area (Å²) in [6, 6.07) is 8.87. The van der Waals surface area contributed by atoms with Gasteiger partial charge in [-0.25, -0.2) is 8.78 Å². The van der Waals surface area contributed by atoms with Gasteiger partial charge in [0.1, 0.15) is 28.8 Å². The molecule has 0 bridgehead atoms. The first-order valence-electron chi connectivity index (χ1n) is 12.7. The maximum absolute atomic E-state index is 15.2. The number of pyridine rings is 1. The highest BCUT2D eigenvalue weighted by Crippen LogP contribution is 2.39. The van der Waals surface area contributed by atoms with E-state index < -0.39 is 85.3 Å². The van der Waals surface area contributed by atoms with Crippen molar-refractivity contribution in [3.8, 4) is 11.5 Å². The van der Waals surface area contributed by atoms with E-state index in [4.69, 9.17) is 4.74 Å². The quantitative estimate of drug-likeness (QED) is 0.329. The highest BCUT2D eigenvalue weighted by Gasteiger charge is 2.45. The largest absolute Gasteiger partial charge is 0.497 e. The number of carbonyl (C=O) groups is 2. The molecule has 230 valence electrons. The zero-order chi connectivity index (χ0) is 31.5. The van der Waals surface area contributed by atoms with Crippen molar-refractivity contribution in [2.75, 3.05) is 25.1 Å². The van der Waals surface area contributed by atoms with E-state index in [1.165, 1.54) is 31.4 Å². The van der Waals surface area contributed by atoms with Crippen LogP contribution in [0.1, 0.15) is 28.3 Å². The number of amides is 2. The van der Waals surface area contributed by atoms with Crippen LogP contribution in [0.2, 0.25) is 0 Å². The molecule has 1 N–H and O–H groups in total. The van der Waals surface area contributed by atoms with E-state index in [9.17, 15) is 36.3 Å². The molecule has 8 nitrogen and oxygen atoms in total.